The molecule has 1 atom stereocenters. The van der Waals surface area contributed by atoms with Gasteiger partial charge in [-0.3, -0.25) is 4.90 Å². The minimum atomic E-state index is 0.337. The van der Waals surface area contributed by atoms with Gasteiger partial charge in [-0.1, -0.05) is 38.0 Å². The number of ether oxygens (including phenoxy) is 1. The average Bonchev–Trinajstić information content (AvgIpc) is 3.35. The summed E-state index contributed by atoms with van der Waals surface area (Å²) < 4.78 is 7.59. The molecule has 29 heavy (non-hydrogen) atoms. The number of hydrogen-bond donors (Lipinski definition) is 1. The van der Waals surface area contributed by atoms with Crippen LogP contribution in [0.15, 0.2) is 29.5 Å². The zero-order valence-corrected chi connectivity index (χ0v) is 17.6. The van der Waals surface area contributed by atoms with Gasteiger partial charge in [-0.05, 0) is 50.3 Å². The Morgan fingerprint density at radius 1 is 1.17 bits per heavy atom. The van der Waals surface area contributed by atoms with Crippen LogP contribution in [-0.2, 0) is 6.54 Å². The highest BCUT2D eigenvalue weighted by molar-refractivity contribution is 5.85. The maximum Gasteiger partial charge on any atom is 0.320 e. The molecule has 7 heteroatoms. The molecule has 0 radical (unpaired) electrons. The Labute approximate surface area is 172 Å². The molecule has 0 saturated carbocycles. The molecule has 2 N–H and O–H groups in total. The molecular formula is C22H32N6O. The first-order valence-corrected chi connectivity index (χ1v) is 10.9. The lowest BCUT2D eigenvalue weighted by Crippen LogP contribution is -2.25. The van der Waals surface area contributed by atoms with Crippen molar-refractivity contribution in [3.05, 3.63) is 29.5 Å². The number of hydrogen-bond acceptors (Lipinski definition) is 6. The number of rotatable bonds is 8. The average molecular weight is 397 g/mol. The van der Waals surface area contributed by atoms with Gasteiger partial charge < -0.3 is 10.5 Å². The Balaban J connectivity index is 1.49. The predicted molar refractivity (Wildman–Crippen MR) is 116 cm³/mol. The topological polar surface area (TPSA) is 82.1 Å². The molecule has 2 aromatic heterocycles. The molecule has 3 heterocycles. The molecular weight excluding hydrogens is 364 g/mol. The summed E-state index contributed by atoms with van der Waals surface area (Å²) in [6, 6.07) is 0.337. The summed E-state index contributed by atoms with van der Waals surface area (Å²) in [5, 5.41) is 5.30. The quantitative estimate of drug-likeness (QED) is 0.687. The molecule has 7 nitrogen and oxygen atoms in total. The van der Waals surface area contributed by atoms with E-state index < -0.39 is 0 Å². The third-order valence-corrected chi connectivity index (χ3v) is 5.93. The van der Waals surface area contributed by atoms with Crippen LogP contribution in [0.4, 0.5) is 5.82 Å². The highest BCUT2D eigenvalue weighted by Crippen LogP contribution is 2.28. The van der Waals surface area contributed by atoms with E-state index in [9.17, 15) is 0 Å². The zero-order chi connectivity index (χ0) is 20.2. The third kappa shape index (κ3) is 4.61. The number of allylic oxidation sites excluding steroid dienone is 3. The van der Waals surface area contributed by atoms with Gasteiger partial charge >= 0.3 is 6.01 Å². The minimum Gasteiger partial charge on any atom is -0.463 e. The molecule has 0 amide bonds. The second-order valence-corrected chi connectivity index (χ2v) is 8.29. The van der Waals surface area contributed by atoms with E-state index in [-0.39, 0.29) is 0 Å². The molecule has 2 aromatic rings. The number of nitrogen functional groups attached to an aromatic ring is 1. The summed E-state index contributed by atoms with van der Waals surface area (Å²) in [4.78, 5) is 11.4. The first kappa shape index (κ1) is 19.9. The highest BCUT2D eigenvalue weighted by Gasteiger charge is 2.21. The maximum absolute atomic E-state index is 6.11. The van der Waals surface area contributed by atoms with Crippen molar-refractivity contribution < 1.29 is 4.74 Å². The predicted octanol–water partition coefficient (Wildman–Crippen LogP) is 3.58. The van der Waals surface area contributed by atoms with Crippen molar-refractivity contribution in [3.63, 3.8) is 0 Å². The maximum atomic E-state index is 6.11. The van der Waals surface area contributed by atoms with E-state index in [1.165, 1.54) is 31.5 Å². The van der Waals surface area contributed by atoms with Crippen LogP contribution < -0.4 is 10.5 Å². The van der Waals surface area contributed by atoms with Gasteiger partial charge in [-0.15, -0.1) is 0 Å². The fourth-order valence-electron chi connectivity index (χ4n) is 4.14. The molecule has 4 rings (SSSR count). The van der Waals surface area contributed by atoms with Gasteiger partial charge in [0.25, 0.3) is 0 Å². The number of unbranched alkanes of at least 4 members (excludes halogenated alkanes) is 1. The lowest BCUT2D eigenvalue weighted by Gasteiger charge is -2.25. The van der Waals surface area contributed by atoms with Crippen LogP contribution in [0.2, 0.25) is 0 Å². The number of nitrogens with two attached hydrogens (primary N) is 1. The molecule has 0 bridgehead atoms. The van der Waals surface area contributed by atoms with Crippen LogP contribution >= 0.6 is 0 Å². The van der Waals surface area contributed by atoms with Crippen LogP contribution in [0.1, 0.15) is 46.0 Å². The lowest BCUT2D eigenvalue weighted by molar-refractivity contribution is 0.286. The summed E-state index contributed by atoms with van der Waals surface area (Å²) in [5.74, 6) is 0.983. The Bertz CT molecular complexity index is 909. The first-order chi connectivity index (χ1) is 14.1. The van der Waals surface area contributed by atoms with Crippen molar-refractivity contribution in [3.8, 4) is 6.01 Å². The normalized spacial score (nSPS) is 20.1. The third-order valence-electron chi connectivity index (χ3n) is 5.93. The Hall–Kier alpha value is -2.41. The molecule has 1 unspecified atom stereocenters. The highest BCUT2D eigenvalue weighted by atomic mass is 16.5. The first-order valence-electron chi connectivity index (χ1n) is 10.9. The SMILES string of the molecule is CCCCOc1nc(N)c2cnn(CC3=CC=C(CN4CCCC4)C(C)C3)c2n1. The van der Waals surface area contributed by atoms with Crippen LogP contribution in [0, 0.1) is 5.92 Å². The lowest BCUT2D eigenvalue weighted by atomic mass is 9.88. The zero-order valence-electron chi connectivity index (χ0n) is 17.6. The number of anilines is 1. The van der Waals surface area contributed by atoms with Gasteiger partial charge in [0.2, 0.25) is 0 Å². The standard InChI is InChI=1S/C22H32N6O/c1-3-4-11-29-22-25-20(23)19-13-24-28(21(19)26-22)14-17-7-8-18(16(2)12-17)15-27-9-5-6-10-27/h7-8,13,16H,3-6,9-12,14-15H2,1-2H3,(H2,23,25,26). The summed E-state index contributed by atoms with van der Waals surface area (Å²) in [6.07, 6.45) is 12.1. The van der Waals surface area contributed by atoms with E-state index in [1.54, 1.807) is 11.8 Å². The van der Waals surface area contributed by atoms with Crippen molar-refractivity contribution in [2.45, 2.75) is 52.5 Å². The van der Waals surface area contributed by atoms with Gasteiger partial charge in [-0.25, -0.2) is 4.68 Å². The molecule has 2 aliphatic rings. The second kappa shape index (κ2) is 8.95. The molecule has 1 aliphatic heterocycles. The van der Waals surface area contributed by atoms with Gasteiger partial charge in [0.15, 0.2) is 5.65 Å². The number of aromatic nitrogens is 4. The monoisotopic (exact) mass is 396 g/mol. The molecule has 1 aliphatic carbocycles. The molecule has 1 fully saturated rings. The minimum absolute atomic E-state index is 0.337. The summed E-state index contributed by atoms with van der Waals surface area (Å²) in [7, 11) is 0. The van der Waals surface area contributed by atoms with Crippen molar-refractivity contribution >= 4 is 16.9 Å². The fraction of sp³-hybridized carbons (Fsp3) is 0.591. The summed E-state index contributed by atoms with van der Waals surface area (Å²) in [6.45, 7) is 9.36. The molecule has 0 aromatic carbocycles. The van der Waals surface area contributed by atoms with Crippen molar-refractivity contribution in [2.24, 2.45) is 5.92 Å². The van der Waals surface area contributed by atoms with Crippen LogP contribution in [0.3, 0.4) is 0 Å². The van der Waals surface area contributed by atoms with E-state index in [2.05, 4.69) is 46.0 Å². The van der Waals surface area contributed by atoms with Crippen molar-refractivity contribution in [1.29, 1.82) is 0 Å². The Morgan fingerprint density at radius 2 is 2.00 bits per heavy atom. The van der Waals surface area contributed by atoms with Crippen LogP contribution in [0.5, 0.6) is 6.01 Å². The van der Waals surface area contributed by atoms with E-state index in [0.717, 1.165) is 36.8 Å². The van der Waals surface area contributed by atoms with Crippen LogP contribution in [-0.4, -0.2) is 50.9 Å². The van der Waals surface area contributed by atoms with Crippen molar-refractivity contribution in [1.82, 2.24) is 24.6 Å². The molecule has 156 valence electrons. The number of likely N-dealkylation sites (tertiary alicyclic amines) is 1. The van der Waals surface area contributed by atoms with Crippen molar-refractivity contribution in [2.75, 3.05) is 32.0 Å². The summed E-state index contributed by atoms with van der Waals surface area (Å²) >= 11 is 0. The van der Waals surface area contributed by atoms with Gasteiger partial charge in [0.05, 0.1) is 24.7 Å². The van der Waals surface area contributed by atoms with Gasteiger partial charge in [0.1, 0.15) is 5.82 Å². The molecule has 1 saturated heterocycles. The molecule has 0 spiro atoms. The summed E-state index contributed by atoms with van der Waals surface area (Å²) in [5.41, 5.74) is 9.75. The second-order valence-electron chi connectivity index (χ2n) is 8.29. The van der Waals surface area contributed by atoms with E-state index >= 15 is 0 Å². The Kier molecular flexibility index (Phi) is 6.13. The van der Waals surface area contributed by atoms with Gasteiger partial charge in [0, 0.05) is 6.54 Å². The smallest absolute Gasteiger partial charge is 0.320 e. The number of fused-ring (bicyclic) bond motifs is 1. The van der Waals surface area contributed by atoms with E-state index in [4.69, 9.17) is 10.5 Å². The number of nitrogens with zero attached hydrogens (tertiary/aromatic N) is 5. The largest absolute Gasteiger partial charge is 0.463 e. The van der Waals surface area contributed by atoms with Gasteiger partial charge in [-0.2, -0.15) is 15.1 Å². The van der Waals surface area contributed by atoms with Crippen LogP contribution in [0.25, 0.3) is 11.0 Å². The Morgan fingerprint density at radius 3 is 2.76 bits per heavy atom. The van der Waals surface area contributed by atoms with E-state index in [1.807, 2.05) is 4.68 Å². The fourth-order valence-corrected chi connectivity index (χ4v) is 4.14. The van der Waals surface area contributed by atoms with E-state index in [0.29, 0.717) is 30.9 Å².